The van der Waals surface area contributed by atoms with E-state index in [2.05, 4.69) is 10.9 Å². The highest BCUT2D eigenvalue weighted by molar-refractivity contribution is 5.42. The molecule has 2 aromatic carbocycles. The topological polar surface area (TPSA) is 33.3 Å². The van der Waals surface area contributed by atoms with Crippen LogP contribution in [0.15, 0.2) is 42.5 Å². The summed E-state index contributed by atoms with van der Waals surface area (Å²) in [6, 6.07) is 11.5. The van der Waals surface area contributed by atoms with Crippen LogP contribution in [-0.4, -0.2) is 6.61 Å². The van der Waals surface area contributed by atoms with Gasteiger partial charge in [0, 0.05) is 23.9 Å². The number of benzene rings is 2. The molecule has 0 aliphatic carbocycles. The number of hydrazine groups is 1. The van der Waals surface area contributed by atoms with Gasteiger partial charge in [0.2, 0.25) is 0 Å². The minimum Gasteiger partial charge on any atom is -0.490 e. The molecule has 5 heteroatoms. The fourth-order valence-electron chi connectivity index (χ4n) is 1.81. The van der Waals surface area contributed by atoms with Crippen LogP contribution < -0.4 is 15.6 Å². The maximum atomic E-state index is 13.6. The molecule has 0 atom stereocenters. The molecule has 0 aliphatic heterocycles. The lowest BCUT2D eigenvalue weighted by Crippen LogP contribution is -2.21. The van der Waals surface area contributed by atoms with Gasteiger partial charge in [-0.3, -0.25) is 0 Å². The maximum Gasteiger partial charge on any atom is 0.168 e. The van der Waals surface area contributed by atoms with Gasteiger partial charge in [-0.05, 0) is 25.1 Å². The third kappa shape index (κ3) is 3.68. The van der Waals surface area contributed by atoms with Gasteiger partial charge in [0.1, 0.15) is 5.82 Å². The lowest BCUT2D eigenvalue weighted by molar-refractivity contribution is 0.315. The zero-order valence-corrected chi connectivity index (χ0v) is 11.1. The van der Waals surface area contributed by atoms with Crippen LogP contribution in [0.5, 0.6) is 5.75 Å². The van der Waals surface area contributed by atoms with Gasteiger partial charge >= 0.3 is 0 Å². The van der Waals surface area contributed by atoms with Crippen molar-refractivity contribution in [2.75, 3.05) is 12.0 Å². The first-order valence-electron chi connectivity index (χ1n) is 6.35. The molecule has 2 N–H and O–H groups in total. The number of hydrogen-bond donors (Lipinski definition) is 2. The summed E-state index contributed by atoms with van der Waals surface area (Å²) in [7, 11) is 0. The fraction of sp³-hybridized carbons (Fsp3) is 0.200. The molecular formula is C15H16F2N2O. The smallest absolute Gasteiger partial charge is 0.168 e. The summed E-state index contributed by atoms with van der Waals surface area (Å²) in [4.78, 5) is 0. The molecule has 0 unspecified atom stereocenters. The second kappa shape index (κ2) is 6.86. The van der Waals surface area contributed by atoms with E-state index in [1.807, 2.05) is 30.3 Å². The number of anilines is 1. The van der Waals surface area contributed by atoms with Crippen LogP contribution in [0.4, 0.5) is 14.5 Å². The van der Waals surface area contributed by atoms with E-state index < -0.39 is 11.6 Å². The summed E-state index contributed by atoms with van der Waals surface area (Å²) in [6.45, 7) is 2.31. The Hall–Kier alpha value is -2.14. The van der Waals surface area contributed by atoms with Crippen LogP contribution in [0.25, 0.3) is 0 Å². The zero-order chi connectivity index (χ0) is 14.4. The van der Waals surface area contributed by atoms with Crippen molar-refractivity contribution in [3.05, 3.63) is 59.7 Å². The van der Waals surface area contributed by atoms with Gasteiger partial charge in [-0.25, -0.2) is 14.2 Å². The Bertz CT molecular complexity index is 561. The van der Waals surface area contributed by atoms with Crippen LogP contribution in [0, 0.1) is 11.6 Å². The maximum absolute atomic E-state index is 13.6. The molecule has 0 fully saturated rings. The van der Waals surface area contributed by atoms with Crippen LogP contribution in [-0.2, 0) is 6.54 Å². The second-order valence-electron chi connectivity index (χ2n) is 4.15. The van der Waals surface area contributed by atoms with Crippen molar-refractivity contribution in [1.29, 1.82) is 0 Å². The summed E-state index contributed by atoms with van der Waals surface area (Å²) in [5.74, 6) is -1.23. The third-order valence-corrected chi connectivity index (χ3v) is 2.66. The highest BCUT2D eigenvalue weighted by atomic mass is 19.1. The number of hydrogen-bond acceptors (Lipinski definition) is 3. The van der Waals surface area contributed by atoms with Crippen molar-refractivity contribution in [3.8, 4) is 5.75 Å². The van der Waals surface area contributed by atoms with Crippen molar-refractivity contribution in [3.63, 3.8) is 0 Å². The standard InChI is InChI=1S/C15H16F2N2O/c1-2-20-15-11(8-12(16)9-14(15)17)10-18-19-13-6-4-3-5-7-13/h3-9,18-19H,2,10H2,1H3. The first-order valence-corrected chi connectivity index (χ1v) is 6.35. The molecule has 0 bridgehead atoms. The van der Waals surface area contributed by atoms with Crippen molar-refractivity contribution in [2.24, 2.45) is 0 Å². The summed E-state index contributed by atoms with van der Waals surface area (Å²) in [6.07, 6.45) is 0. The first kappa shape index (κ1) is 14.3. The average Bonchev–Trinajstić information content (AvgIpc) is 2.43. The van der Waals surface area contributed by atoms with Crippen LogP contribution >= 0.6 is 0 Å². The summed E-state index contributed by atoms with van der Waals surface area (Å²) < 4.78 is 32.1. The van der Waals surface area contributed by atoms with Crippen molar-refractivity contribution in [1.82, 2.24) is 5.43 Å². The van der Waals surface area contributed by atoms with Gasteiger partial charge in [0.25, 0.3) is 0 Å². The molecule has 3 nitrogen and oxygen atoms in total. The molecule has 106 valence electrons. The highest BCUT2D eigenvalue weighted by Crippen LogP contribution is 2.24. The van der Waals surface area contributed by atoms with E-state index in [-0.39, 0.29) is 12.3 Å². The molecule has 20 heavy (non-hydrogen) atoms. The summed E-state index contributed by atoms with van der Waals surface area (Å²) >= 11 is 0. The van der Waals surface area contributed by atoms with E-state index in [0.717, 1.165) is 11.8 Å². The van der Waals surface area contributed by atoms with Gasteiger partial charge in [-0.15, -0.1) is 0 Å². The molecule has 0 radical (unpaired) electrons. The Kier molecular flexibility index (Phi) is 4.90. The van der Waals surface area contributed by atoms with Crippen molar-refractivity contribution >= 4 is 5.69 Å². The quantitative estimate of drug-likeness (QED) is 0.794. The SMILES string of the molecule is CCOc1c(F)cc(F)cc1CNNc1ccccc1. The minimum atomic E-state index is -0.691. The van der Waals surface area contributed by atoms with Crippen molar-refractivity contribution < 1.29 is 13.5 Å². The normalized spacial score (nSPS) is 10.3. The number of nitrogens with one attached hydrogen (secondary N) is 2. The van der Waals surface area contributed by atoms with E-state index in [9.17, 15) is 8.78 Å². The molecule has 0 saturated carbocycles. The highest BCUT2D eigenvalue weighted by Gasteiger charge is 2.12. The molecule has 0 aliphatic rings. The Balaban J connectivity index is 2.05. The zero-order valence-electron chi connectivity index (χ0n) is 11.1. The van der Waals surface area contributed by atoms with Gasteiger partial charge in [0.05, 0.1) is 6.61 Å². The fourth-order valence-corrected chi connectivity index (χ4v) is 1.81. The lowest BCUT2D eigenvalue weighted by Gasteiger charge is -2.13. The third-order valence-electron chi connectivity index (χ3n) is 2.66. The Morgan fingerprint density at radius 2 is 1.85 bits per heavy atom. The van der Waals surface area contributed by atoms with Gasteiger partial charge in [-0.2, -0.15) is 0 Å². The van der Waals surface area contributed by atoms with E-state index >= 15 is 0 Å². The predicted molar refractivity (Wildman–Crippen MR) is 74.4 cm³/mol. The second-order valence-corrected chi connectivity index (χ2v) is 4.15. The molecule has 0 spiro atoms. The van der Waals surface area contributed by atoms with Gasteiger partial charge < -0.3 is 10.2 Å². The summed E-state index contributed by atoms with van der Waals surface area (Å²) in [5, 5.41) is 0. The Morgan fingerprint density at radius 3 is 2.55 bits per heavy atom. The predicted octanol–water partition coefficient (Wildman–Crippen LogP) is 3.48. The number of para-hydroxylation sites is 1. The molecular weight excluding hydrogens is 262 g/mol. The number of halogens is 2. The van der Waals surface area contributed by atoms with Crippen LogP contribution in [0.1, 0.15) is 12.5 Å². The number of ether oxygens (including phenoxy) is 1. The molecule has 0 heterocycles. The van der Waals surface area contributed by atoms with E-state index in [1.165, 1.54) is 6.07 Å². The Labute approximate surface area is 116 Å². The van der Waals surface area contributed by atoms with Gasteiger partial charge in [-0.1, -0.05) is 18.2 Å². The van der Waals surface area contributed by atoms with Gasteiger partial charge in [0.15, 0.2) is 11.6 Å². The molecule has 0 amide bonds. The molecule has 0 aromatic heterocycles. The minimum absolute atomic E-state index is 0.0799. The lowest BCUT2D eigenvalue weighted by atomic mass is 10.2. The van der Waals surface area contributed by atoms with E-state index in [4.69, 9.17) is 4.74 Å². The van der Waals surface area contributed by atoms with Crippen LogP contribution in [0.2, 0.25) is 0 Å². The van der Waals surface area contributed by atoms with E-state index in [1.54, 1.807) is 6.92 Å². The van der Waals surface area contributed by atoms with Crippen molar-refractivity contribution in [2.45, 2.75) is 13.5 Å². The summed E-state index contributed by atoms with van der Waals surface area (Å²) in [5.41, 5.74) is 7.15. The van der Waals surface area contributed by atoms with Crippen LogP contribution in [0.3, 0.4) is 0 Å². The number of rotatable bonds is 6. The largest absolute Gasteiger partial charge is 0.490 e. The molecule has 2 aromatic rings. The average molecular weight is 278 g/mol. The monoisotopic (exact) mass is 278 g/mol. The Morgan fingerprint density at radius 1 is 1.10 bits per heavy atom. The molecule has 0 saturated heterocycles. The first-order chi connectivity index (χ1) is 9.70. The van der Waals surface area contributed by atoms with E-state index in [0.29, 0.717) is 12.2 Å². The molecule has 2 rings (SSSR count).